The molecule has 0 atom stereocenters. The van der Waals surface area contributed by atoms with E-state index in [1.54, 1.807) is 0 Å². The quantitative estimate of drug-likeness (QED) is 0.206. The SMILES string of the molecule is O.O.O.O.O.O.O.O.O.O.O.O.O.O.O.O.[AlH3].[AlH3].[AlH3].[AlH3].[SnH2].[Ti].[Ti].[Ti].[Ti].[Zr]. The van der Waals surface area contributed by atoms with E-state index in [1.807, 2.05) is 0 Å². The Kier molecular flexibility index (Phi) is 25100. The Morgan fingerprint density at radius 2 is 0.192 bits per heavy atom. The molecule has 0 spiro atoms. The zero-order valence-electron chi connectivity index (χ0n) is 11.2. The molecule has 0 rings (SSSR count). The molecule has 0 saturated carbocycles. The molecule has 0 aromatic rings. The molecule has 0 bridgehead atoms. The van der Waals surface area contributed by atoms with Gasteiger partial charge in [-0.25, -0.2) is 0 Å². The summed E-state index contributed by atoms with van der Waals surface area (Å²) in [6.07, 6.45) is 0. The van der Waals surface area contributed by atoms with Crippen LogP contribution in [0.3, 0.4) is 0 Å². The summed E-state index contributed by atoms with van der Waals surface area (Å²) in [4.78, 5) is 0. The first kappa shape index (κ1) is 848. The van der Waals surface area contributed by atoms with Crippen LogP contribution in [-0.4, -0.2) is 181 Å². The largest absolute Gasteiger partial charge is 0 e. The minimum atomic E-state index is 0. The van der Waals surface area contributed by atoms with Gasteiger partial charge in [0.2, 0.25) is 0 Å². The van der Waals surface area contributed by atoms with Crippen molar-refractivity contribution in [1.29, 1.82) is 0 Å². The fourth-order valence-corrected chi connectivity index (χ4v) is 0. The van der Waals surface area contributed by atoms with E-state index in [0.717, 1.165) is 0 Å². The van der Waals surface area contributed by atoms with Crippen LogP contribution in [-0.2, 0) is 113 Å². The molecule has 0 saturated heterocycles. The average Bonchev–Trinajstić information content (AvgIpc) is 0. The van der Waals surface area contributed by atoms with Gasteiger partial charge in [0, 0.05) is 113 Å². The van der Waals surface area contributed by atoms with Crippen LogP contribution in [0.15, 0.2) is 0 Å². The molecule has 0 aliphatic carbocycles. The van der Waals surface area contributed by atoms with Crippen LogP contribution in [0, 0.1) is 0 Å². The molecule has 0 unspecified atom stereocenters. The van der Waals surface area contributed by atoms with E-state index in [0.29, 0.717) is 0 Å². The molecular weight excluding hydrogens is 765 g/mol. The van der Waals surface area contributed by atoms with Crippen LogP contribution in [0.1, 0.15) is 0 Å². The summed E-state index contributed by atoms with van der Waals surface area (Å²) in [7, 11) is 0. The third-order valence-corrected chi connectivity index (χ3v) is 0. The first-order valence-corrected chi connectivity index (χ1v) is 0. The molecule has 26 heavy (non-hydrogen) atoms. The van der Waals surface area contributed by atoms with Crippen LogP contribution in [0.4, 0.5) is 0 Å². The van der Waals surface area contributed by atoms with E-state index in [9.17, 15) is 0 Å². The molecule has 178 valence electrons. The summed E-state index contributed by atoms with van der Waals surface area (Å²) >= 11 is 0. The molecule has 2 radical (unpaired) electrons. The summed E-state index contributed by atoms with van der Waals surface area (Å²) in [6.45, 7) is 0. The normalized spacial score (nSPS) is 0. The van der Waals surface area contributed by atoms with Crippen LogP contribution in [0.25, 0.3) is 0 Å². The predicted molar refractivity (Wildman–Crippen MR) is 106 cm³/mol. The van der Waals surface area contributed by atoms with Crippen molar-refractivity contribution in [3.8, 4) is 0 Å². The van der Waals surface area contributed by atoms with E-state index in [1.165, 1.54) is 0 Å². The van der Waals surface area contributed by atoms with Gasteiger partial charge in [-0.1, -0.05) is 0 Å². The van der Waals surface area contributed by atoms with Gasteiger partial charge in [-0.05, 0) is 0 Å². The van der Waals surface area contributed by atoms with E-state index < -0.39 is 0 Å². The molecule has 0 aromatic carbocycles. The second-order valence-electron chi connectivity index (χ2n) is 0. The van der Waals surface area contributed by atoms with Gasteiger partial charge < -0.3 is 87.6 Å². The number of hydrogen-bond donors (Lipinski definition) is 0. The van der Waals surface area contributed by atoms with Crippen LogP contribution in [0.2, 0.25) is 0 Å². The third kappa shape index (κ3) is 696. The van der Waals surface area contributed by atoms with E-state index in [-0.39, 0.29) is 294 Å². The van der Waals surface area contributed by atoms with Crippen molar-refractivity contribution in [2.24, 2.45) is 0 Å². The third-order valence-electron chi connectivity index (χ3n) is 0. The van der Waals surface area contributed by atoms with Gasteiger partial charge in [-0.15, -0.1) is 0 Å². The van der Waals surface area contributed by atoms with Crippen molar-refractivity contribution >= 4 is 93.4 Å². The van der Waals surface area contributed by atoms with Crippen LogP contribution in [0.5, 0.6) is 0 Å². The van der Waals surface area contributed by atoms with Gasteiger partial charge in [-0.3, -0.25) is 0 Å². The van der Waals surface area contributed by atoms with Crippen LogP contribution < -0.4 is 0 Å². The topological polar surface area (TPSA) is 504 Å². The summed E-state index contributed by atoms with van der Waals surface area (Å²) in [5, 5.41) is 0. The molecule has 0 aliphatic heterocycles. The average molecular weight is 812 g/mol. The Balaban J connectivity index is 0. The van der Waals surface area contributed by atoms with Gasteiger partial charge >= 0.3 is 23.9 Å². The molecule has 26 heteroatoms. The van der Waals surface area contributed by atoms with E-state index in [4.69, 9.17) is 0 Å². The minimum Gasteiger partial charge on any atom is 0 e. The maximum atomic E-state index is 0. The molecule has 0 aromatic heterocycles. The fraction of sp³-hybridized carbons (Fsp3) is 0. The molecule has 16 nitrogen and oxygen atoms in total. The Labute approximate surface area is 289 Å². The number of hydrogen-bond acceptors (Lipinski definition) is 0. The summed E-state index contributed by atoms with van der Waals surface area (Å²) in [6, 6.07) is 0. The van der Waals surface area contributed by atoms with Gasteiger partial charge in [0.05, 0.1) is 0 Å². The van der Waals surface area contributed by atoms with Crippen molar-refractivity contribution in [1.82, 2.24) is 0 Å². The Morgan fingerprint density at radius 3 is 0.192 bits per heavy atom. The summed E-state index contributed by atoms with van der Waals surface area (Å²) in [5.74, 6) is 0. The van der Waals surface area contributed by atoms with Gasteiger partial charge in [-0.2, -0.15) is 0 Å². The predicted octanol–water partition coefficient (Wildman–Crippen LogP) is -18.9. The first-order chi connectivity index (χ1) is 0. The van der Waals surface area contributed by atoms with Crippen molar-refractivity contribution in [2.75, 3.05) is 0 Å². The minimum absolute atomic E-state index is 0. The smallest absolute Gasteiger partial charge is 0 e. The number of rotatable bonds is 0. The monoisotopic (exact) mass is 812 g/mol. The van der Waals surface area contributed by atoms with Gasteiger partial charge in [0.15, 0.2) is 69.4 Å². The Bertz CT molecular complexity index is 42.2. The molecule has 0 amide bonds. The van der Waals surface area contributed by atoms with Crippen molar-refractivity contribution in [3.63, 3.8) is 0 Å². The standard InChI is InChI=1S/4Al.16H2O.Sn.4Ti.Zr.14H/h;;;;16*1H2;;;;;;;;;;;;;;;;;;;;. The molecule has 0 heterocycles. The first-order valence-electron chi connectivity index (χ1n) is 0. The van der Waals surface area contributed by atoms with E-state index in [2.05, 4.69) is 0 Å². The molecular formula is H46Al4O16SnTi4Zr. The van der Waals surface area contributed by atoms with Crippen molar-refractivity contribution in [3.05, 3.63) is 0 Å². The molecule has 0 aliphatic rings. The fourth-order valence-electron chi connectivity index (χ4n) is 0. The Morgan fingerprint density at radius 1 is 0.192 bits per heavy atom. The maximum absolute atomic E-state index is 0. The van der Waals surface area contributed by atoms with Gasteiger partial charge in [0.1, 0.15) is 0 Å². The summed E-state index contributed by atoms with van der Waals surface area (Å²) < 4.78 is 0. The Hall–Kier alpha value is 6.03. The molecule has 32 N–H and O–H groups in total. The van der Waals surface area contributed by atoms with Crippen LogP contribution >= 0.6 is 0 Å². The van der Waals surface area contributed by atoms with Gasteiger partial charge in [0.25, 0.3) is 0 Å². The zero-order chi connectivity index (χ0) is 0. The van der Waals surface area contributed by atoms with Crippen molar-refractivity contribution < 1.29 is 201 Å². The molecule has 0 fully saturated rings. The second kappa shape index (κ2) is 770. The van der Waals surface area contributed by atoms with Crippen molar-refractivity contribution in [2.45, 2.75) is 0 Å². The maximum Gasteiger partial charge on any atom is 0 e. The second-order valence-corrected chi connectivity index (χ2v) is 0. The van der Waals surface area contributed by atoms with E-state index >= 15 is 0 Å². The zero-order valence-corrected chi connectivity index (χ0v) is 23.9. The summed E-state index contributed by atoms with van der Waals surface area (Å²) in [5.41, 5.74) is 0.